The highest BCUT2D eigenvalue weighted by Gasteiger charge is 2.06. The van der Waals surface area contributed by atoms with Crippen LogP contribution >= 0.6 is 27.7 Å². The summed E-state index contributed by atoms with van der Waals surface area (Å²) in [5.41, 5.74) is 1.25. The number of aryl methyl sites for hydroxylation is 1. The van der Waals surface area contributed by atoms with Crippen molar-refractivity contribution in [3.63, 3.8) is 0 Å². The second-order valence-electron chi connectivity index (χ2n) is 3.55. The number of aromatic nitrogens is 3. The van der Waals surface area contributed by atoms with Gasteiger partial charge in [0, 0.05) is 23.0 Å². The second kappa shape index (κ2) is 5.66. The molecular formula is C11H13BrN4S. The van der Waals surface area contributed by atoms with Crippen molar-refractivity contribution >= 4 is 27.7 Å². The van der Waals surface area contributed by atoms with E-state index in [-0.39, 0.29) is 0 Å². The average Bonchev–Trinajstić information content (AvgIpc) is 2.69. The first-order valence-corrected chi connectivity index (χ1v) is 6.76. The molecule has 17 heavy (non-hydrogen) atoms. The van der Waals surface area contributed by atoms with Gasteiger partial charge in [-0.25, -0.2) is 9.67 Å². The Bertz CT molecular complexity index is 512. The van der Waals surface area contributed by atoms with Crippen molar-refractivity contribution in [1.82, 2.24) is 20.1 Å². The van der Waals surface area contributed by atoms with Gasteiger partial charge in [0.2, 0.25) is 0 Å². The van der Waals surface area contributed by atoms with Crippen molar-refractivity contribution in [2.45, 2.75) is 16.6 Å². The summed E-state index contributed by atoms with van der Waals surface area (Å²) in [5, 5.41) is 8.07. The van der Waals surface area contributed by atoms with Crippen molar-refractivity contribution in [3.8, 4) is 0 Å². The van der Waals surface area contributed by atoms with E-state index in [9.17, 15) is 0 Å². The largest absolute Gasteiger partial charge is 0.316 e. The Morgan fingerprint density at radius 2 is 2.29 bits per heavy atom. The lowest BCUT2D eigenvalue weighted by atomic mass is 10.2. The zero-order valence-electron chi connectivity index (χ0n) is 9.64. The Hall–Kier alpha value is -0.850. The highest BCUT2D eigenvalue weighted by Crippen LogP contribution is 2.29. The van der Waals surface area contributed by atoms with E-state index in [4.69, 9.17) is 0 Å². The van der Waals surface area contributed by atoms with Crippen molar-refractivity contribution in [3.05, 3.63) is 34.6 Å². The molecule has 0 spiro atoms. The van der Waals surface area contributed by atoms with Crippen LogP contribution in [0.3, 0.4) is 0 Å². The molecule has 90 valence electrons. The Morgan fingerprint density at radius 3 is 2.88 bits per heavy atom. The number of hydrogen-bond donors (Lipinski definition) is 1. The average molecular weight is 313 g/mol. The van der Waals surface area contributed by atoms with Gasteiger partial charge < -0.3 is 5.32 Å². The Morgan fingerprint density at radius 1 is 1.47 bits per heavy atom. The molecule has 4 nitrogen and oxygen atoms in total. The monoisotopic (exact) mass is 312 g/mol. The molecule has 2 aromatic rings. The third kappa shape index (κ3) is 3.08. The summed E-state index contributed by atoms with van der Waals surface area (Å²) in [6.45, 7) is 0.857. The molecule has 0 fully saturated rings. The molecule has 1 aromatic carbocycles. The van der Waals surface area contributed by atoms with Gasteiger partial charge in [-0.1, -0.05) is 33.8 Å². The molecule has 0 saturated carbocycles. The van der Waals surface area contributed by atoms with Gasteiger partial charge >= 0.3 is 0 Å². The topological polar surface area (TPSA) is 42.7 Å². The van der Waals surface area contributed by atoms with Crippen LogP contribution in [0.25, 0.3) is 0 Å². The van der Waals surface area contributed by atoms with E-state index in [1.54, 1.807) is 22.8 Å². The number of hydrogen-bond acceptors (Lipinski definition) is 4. The molecule has 0 unspecified atom stereocenters. The molecule has 0 amide bonds. The zero-order chi connectivity index (χ0) is 12.3. The molecule has 1 aromatic heterocycles. The highest BCUT2D eigenvalue weighted by atomic mass is 79.9. The molecule has 0 bridgehead atoms. The van der Waals surface area contributed by atoms with Crippen LogP contribution in [0.15, 0.2) is 39.1 Å². The van der Waals surface area contributed by atoms with Crippen LogP contribution in [0.4, 0.5) is 0 Å². The van der Waals surface area contributed by atoms with Crippen molar-refractivity contribution in [1.29, 1.82) is 0 Å². The van der Waals surface area contributed by atoms with E-state index in [0.717, 1.165) is 21.1 Å². The van der Waals surface area contributed by atoms with Crippen LogP contribution in [0.5, 0.6) is 0 Å². The third-order valence-corrected chi connectivity index (χ3v) is 4.05. The van der Waals surface area contributed by atoms with Gasteiger partial charge in [-0.2, -0.15) is 5.10 Å². The van der Waals surface area contributed by atoms with Crippen LogP contribution in [0.1, 0.15) is 5.56 Å². The maximum atomic E-state index is 4.19. The first-order chi connectivity index (χ1) is 8.20. The van der Waals surface area contributed by atoms with Crippen LogP contribution in [0.2, 0.25) is 0 Å². The van der Waals surface area contributed by atoms with Crippen molar-refractivity contribution in [2.75, 3.05) is 7.05 Å². The maximum absolute atomic E-state index is 4.19. The standard InChI is InChI=1S/C11H13BrN4S/c1-13-6-8-3-4-9(5-10(8)12)17-11-14-7-15-16(11)2/h3-5,7,13H,6H2,1-2H3. The molecule has 0 aliphatic heterocycles. The fourth-order valence-corrected chi connectivity index (χ4v) is 2.88. The fraction of sp³-hybridized carbons (Fsp3) is 0.273. The first kappa shape index (κ1) is 12.6. The van der Waals surface area contributed by atoms with Gasteiger partial charge in [0.25, 0.3) is 0 Å². The molecule has 0 saturated heterocycles. The molecular weight excluding hydrogens is 300 g/mol. The van der Waals surface area contributed by atoms with Gasteiger partial charge in [-0.3, -0.25) is 0 Å². The van der Waals surface area contributed by atoms with E-state index >= 15 is 0 Å². The van der Waals surface area contributed by atoms with Gasteiger partial charge in [0.1, 0.15) is 6.33 Å². The molecule has 1 heterocycles. The Balaban J connectivity index is 2.18. The minimum absolute atomic E-state index is 0.857. The smallest absolute Gasteiger partial charge is 0.190 e. The fourth-order valence-electron chi connectivity index (χ4n) is 1.41. The molecule has 2 rings (SSSR count). The van der Waals surface area contributed by atoms with Crippen LogP contribution in [-0.2, 0) is 13.6 Å². The SMILES string of the molecule is CNCc1ccc(Sc2ncnn2C)cc1Br. The lowest BCUT2D eigenvalue weighted by Crippen LogP contribution is -2.05. The predicted molar refractivity (Wildman–Crippen MR) is 72.0 cm³/mol. The summed E-state index contributed by atoms with van der Waals surface area (Å²) in [6.07, 6.45) is 1.56. The van der Waals surface area contributed by atoms with Crippen LogP contribution in [-0.4, -0.2) is 21.8 Å². The quantitative estimate of drug-likeness (QED) is 0.941. The summed E-state index contributed by atoms with van der Waals surface area (Å²) in [4.78, 5) is 5.33. The number of nitrogens with one attached hydrogen (secondary N) is 1. The van der Waals surface area contributed by atoms with Gasteiger partial charge in [-0.15, -0.1) is 0 Å². The minimum atomic E-state index is 0.857. The molecule has 0 radical (unpaired) electrons. The molecule has 1 N–H and O–H groups in total. The van der Waals surface area contributed by atoms with E-state index < -0.39 is 0 Å². The summed E-state index contributed by atoms with van der Waals surface area (Å²) in [7, 11) is 3.83. The van der Waals surface area contributed by atoms with Crippen LogP contribution in [0, 0.1) is 0 Å². The van der Waals surface area contributed by atoms with Gasteiger partial charge in [0.05, 0.1) is 0 Å². The number of nitrogens with zero attached hydrogens (tertiary/aromatic N) is 3. The zero-order valence-corrected chi connectivity index (χ0v) is 12.0. The lowest BCUT2D eigenvalue weighted by molar-refractivity contribution is 0.685. The lowest BCUT2D eigenvalue weighted by Gasteiger charge is -2.06. The summed E-state index contributed by atoms with van der Waals surface area (Å²) < 4.78 is 2.87. The minimum Gasteiger partial charge on any atom is -0.316 e. The number of rotatable bonds is 4. The molecule has 0 aliphatic carbocycles. The third-order valence-electron chi connectivity index (χ3n) is 2.27. The molecule has 6 heteroatoms. The number of halogens is 1. The summed E-state index contributed by atoms with van der Waals surface area (Å²) in [6, 6.07) is 6.31. The first-order valence-electron chi connectivity index (χ1n) is 5.15. The van der Waals surface area contributed by atoms with E-state index in [1.807, 2.05) is 14.1 Å². The Labute approximate surface area is 113 Å². The van der Waals surface area contributed by atoms with Gasteiger partial charge in [-0.05, 0) is 24.7 Å². The van der Waals surface area contributed by atoms with Crippen LogP contribution < -0.4 is 5.32 Å². The van der Waals surface area contributed by atoms with Gasteiger partial charge in [0.15, 0.2) is 5.16 Å². The second-order valence-corrected chi connectivity index (χ2v) is 5.45. The van der Waals surface area contributed by atoms with E-state index in [1.165, 1.54) is 5.56 Å². The Kier molecular flexibility index (Phi) is 4.20. The van der Waals surface area contributed by atoms with E-state index in [2.05, 4.69) is 49.5 Å². The number of benzene rings is 1. The van der Waals surface area contributed by atoms with E-state index in [0.29, 0.717) is 0 Å². The summed E-state index contributed by atoms with van der Waals surface area (Å²) >= 11 is 5.18. The molecule has 0 aliphatic rings. The van der Waals surface area contributed by atoms with Crippen molar-refractivity contribution < 1.29 is 0 Å². The normalized spacial score (nSPS) is 10.8. The summed E-state index contributed by atoms with van der Waals surface area (Å²) in [5.74, 6) is 0. The van der Waals surface area contributed by atoms with Crippen molar-refractivity contribution in [2.24, 2.45) is 7.05 Å². The molecule has 0 atom stereocenters. The highest BCUT2D eigenvalue weighted by molar-refractivity contribution is 9.10. The predicted octanol–water partition coefficient (Wildman–Crippen LogP) is 2.45. The maximum Gasteiger partial charge on any atom is 0.190 e.